The van der Waals surface area contributed by atoms with Crippen molar-refractivity contribution in [1.29, 1.82) is 0 Å². The van der Waals surface area contributed by atoms with Crippen LogP contribution in [0, 0.1) is 20.8 Å². The topological polar surface area (TPSA) is 0 Å². The fraction of sp³-hybridized carbons (Fsp3) is 0.412. The molecule has 0 aliphatic heterocycles. The van der Waals surface area contributed by atoms with Crippen LogP contribution in [0.3, 0.4) is 0 Å². The Labute approximate surface area is 355 Å². The first-order valence-electron chi connectivity index (χ1n) is 21.0. The summed E-state index contributed by atoms with van der Waals surface area (Å²) in [5, 5.41) is 5.63. The van der Waals surface area contributed by atoms with Gasteiger partial charge in [0, 0.05) is 9.52 Å². The van der Waals surface area contributed by atoms with E-state index in [9.17, 15) is 0 Å². The molecule has 0 amide bonds. The monoisotopic (exact) mass is 862 g/mol. The van der Waals surface area contributed by atoms with Crippen LogP contribution >= 0.6 is 17.0 Å². The number of benzene rings is 4. The zero-order chi connectivity index (χ0) is 39.2. The van der Waals surface area contributed by atoms with Crippen molar-refractivity contribution in [3.8, 4) is 22.3 Å². The minimum absolute atomic E-state index is 0.788. The summed E-state index contributed by atoms with van der Waals surface area (Å²) in [7, 11) is 11.1. The molecule has 0 saturated heterocycles. The molecule has 0 unspecified atom stereocenters. The fourth-order valence-corrected chi connectivity index (χ4v) is 9.29. The van der Waals surface area contributed by atoms with Crippen LogP contribution in [0.25, 0.3) is 43.8 Å². The van der Waals surface area contributed by atoms with E-state index in [1.54, 1.807) is 5.56 Å². The summed E-state index contributed by atoms with van der Waals surface area (Å²) in [5.41, 5.74) is 14.1. The van der Waals surface area contributed by atoms with E-state index < -0.39 is 20.8 Å². The van der Waals surface area contributed by atoms with E-state index in [0.717, 1.165) is 18.3 Å². The van der Waals surface area contributed by atoms with Crippen molar-refractivity contribution in [1.82, 2.24) is 0 Å². The third-order valence-corrected chi connectivity index (χ3v) is 12.9. The molecule has 55 heavy (non-hydrogen) atoms. The Balaban J connectivity index is 0.000000177. The Hall–Kier alpha value is -2.22. The molecule has 0 nitrogen and oxygen atoms in total. The molecule has 2 radical (unpaired) electrons. The number of rotatable bonds is 7. The van der Waals surface area contributed by atoms with Gasteiger partial charge < -0.3 is 0 Å². The molecule has 2 aliphatic rings. The fourth-order valence-electron chi connectivity index (χ4n) is 8.79. The second-order valence-electron chi connectivity index (χ2n) is 15.7. The van der Waals surface area contributed by atoms with Crippen molar-refractivity contribution in [3.05, 3.63) is 130 Å². The van der Waals surface area contributed by atoms with Crippen LogP contribution in [-0.4, -0.2) is 9.52 Å². The van der Waals surface area contributed by atoms with Gasteiger partial charge in [0.2, 0.25) is 0 Å². The molecular formula is C51H62Cl2SiZr. The first-order valence-corrected chi connectivity index (χ1v) is 28.8. The summed E-state index contributed by atoms with van der Waals surface area (Å²) < 4.78 is 0. The molecule has 0 heterocycles. The third-order valence-electron chi connectivity index (χ3n) is 11.9. The second-order valence-corrected chi connectivity index (χ2v) is 21.4. The minimum atomic E-state index is -0.826. The maximum absolute atomic E-state index is 4.93. The molecule has 0 atom stereocenters. The second kappa shape index (κ2) is 22.6. The molecule has 0 N–H and O–H groups in total. The number of hydrogen-bond donors (Lipinski definition) is 0. The summed E-state index contributed by atoms with van der Waals surface area (Å²) in [6, 6.07) is 40.1. The summed E-state index contributed by atoms with van der Waals surface area (Å²) >= 11 is -0.826. The van der Waals surface area contributed by atoms with E-state index >= 15 is 0 Å². The van der Waals surface area contributed by atoms with Crippen molar-refractivity contribution in [2.24, 2.45) is 0 Å². The van der Waals surface area contributed by atoms with Gasteiger partial charge in [0.25, 0.3) is 0 Å². The normalized spacial score (nSPS) is 14.6. The van der Waals surface area contributed by atoms with E-state index in [4.69, 9.17) is 17.0 Å². The molecule has 288 valence electrons. The molecule has 4 heteroatoms. The zero-order valence-corrected chi connectivity index (χ0v) is 39.3. The SMILES string of the molecule is CC[Si]CC.CCc1cc2c(-c3ccc(C4CCCCC4)cc3)ccc(C)c2[cH-]1.Cc1cc2c(-c3ccc(C4CCCCC4)cc3)ccc(C)c2[cH-]1.[Cl][Zr+2][Cl]. The molecule has 2 saturated carbocycles. The van der Waals surface area contributed by atoms with Gasteiger partial charge in [0.05, 0.1) is 0 Å². The molecule has 8 rings (SSSR count). The van der Waals surface area contributed by atoms with Crippen LogP contribution in [0.1, 0.15) is 130 Å². The molecule has 0 aromatic heterocycles. The Kier molecular flexibility index (Phi) is 18.1. The quantitative estimate of drug-likeness (QED) is 0.111. The molecular weight excluding hydrogens is 803 g/mol. The Morgan fingerprint density at radius 1 is 0.564 bits per heavy atom. The van der Waals surface area contributed by atoms with Gasteiger partial charge in [-0.3, -0.25) is 0 Å². The molecule has 6 aromatic rings. The van der Waals surface area contributed by atoms with E-state index in [1.807, 2.05) is 0 Å². The molecule has 2 fully saturated rings. The summed E-state index contributed by atoms with van der Waals surface area (Å²) in [4.78, 5) is 0. The standard InChI is InChI=1S/C24H27.C23H25.C4H10Si.2ClH.Zr/c1-3-18-15-23-17(2)9-14-22(24(23)16-18)21-12-10-20(11-13-21)19-7-5-4-6-8-19;1-16-14-22-17(2)8-13-21(23(22)15-16)20-11-9-19(10-12-20)18-6-4-3-5-7-18;1-3-5-4-2;;;/h9-16,19H,3-8H2,1-2H3;8-15,18H,3-7H2,1-2H3;3-4H2,1-2H3;2*1H;/q2*-1;;;;+4/p-2. The van der Waals surface area contributed by atoms with Gasteiger partial charge in [-0.2, -0.15) is 12.1 Å². The first-order chi connectivity index (χ1) is 26.8. The van der Waals surface area contributed by atoms with Crippen LogP contribution in [0.4, 0.5) is 0 Å². The Morgan fingerprint density at radius 3 is 1.38 bits per heavy atom. The van der Waals surface area contributed by atoms with Gasteiger partial charge in [-0.15, -0.1) is 68.1 Å². The zero-order valence-electron chi connectivity index (χ0n) is 34.3. The van der Waals surface area contributed by atoms with Crippen molar-refractivity contribution in [3.63, 3.8) is 0 Å². The average molecular weight is 865 g/mol. The van der Waals surface area contributed by atoms with Crippen molar-refractivity contribution in [2.45, 2.75) is 136 Å². The van der Waals surface area contributed by atoms with Gasteiger partial charge >= 0.3 is 37.9 Å². The Bertz CT molecular complexity index is 2020. The van der Waals surface area contributed by atoms with E-state index in [2.05, 4.69) is 139 Å². The Morgan fingerprint density at radius 2 is 0.982 bits per heavy atom. The van der Waals surface area contributed by atoms with Gasteiger partial charge in [0.15, 0.2) is 0 Å². The van der Waals surface area contributed by atoms with Gasteiger partial charge in [0.1, 0.15) is 0 Å². The van der Waals surface area contributed by atoms with Crippen molar-refractivity contribution in [2.75, 3.05) is 0 Å². The summed E-state index contributed by atoms with van der Waals surface area (Å²) in [6.45, 7) is 13.3. The summed E-state index contributed by atoms with van der Waals surface area (Å²) in [6.07, 6.45) is 15.0. The molecule has 0 bridgehead atoms. The number of aryl methyl sites for hydroxylation is 4. The predicted octanol–water partition coefficient (Wildman–Crippen LogP) is 17.0. The van der Waals surface area contributed by atoms with Crippen LogP contribution in [0.2, 0.25) is 12.1 Å². The molecule has 2 aliphatic carbocycles. The first kappa shape index (κ1) is 43.9. The average Bonchev–Trinajstić information content (AvgIpc) is 3.85. The van der Waals surface area contributed by atoms with Crippen LogP contribution in [0.15, 0.2) is 97.1 Å². The van der Waals surface area contributed by atoms with Crippen LogP contribution in [-0.2, 0) is 27.3 Å². The third kappa shape index (κ3) is 11.9. The maximum atomic E-state index is 4.93. The van der Waals surface area contributed by atoms with E-state index in [0.29, 0.717) is 0 Å². The van der Waals surface area contributed by atoms with Crippen molar-refractivity contribution >= 4 is 48.1 Å². The number of hydrogen-bond acceptors (Lipinski definition) is 0. The van der Waals surface area contributed by atoms with Crippen molar-refractivity contribution < 1.29 is 20.8 Å². The van der Waals surface area contributed by atoms with Gasteiger partial charge in [-0.05, 0) is 66.2 Å². The van der Waals surface area contributed by atoms with Gasteiger partial charge in [-0.1, -0.05) is 164 Å². The van der Waals surface area contributed by atoms with Crippen LogP contribution in [0.5, 0.6) is 0 Å². The van der Waals surface area contributed by atoms with Gasteiger partial charge in [-0.25, -0.2) is 0 Å². The molecule has 6 aromatic carbocycles. The molecule has 0 spiro atoms. The van der Waals surface area contributed by atoms with Crippen LogP contribution < -0.4 is 0 Å². The summed E-state index contributed by atoms with van der Waals surface area (Å²) in [5.74, 6) is 1.58. The predicted molar refractivity (Wildman–Crippen MR) is 244 cm³/mol. The van der Waals surface area contributed by atoms with E-state index in [-0.39, 0.29) is 0 Å². The van der Waals surface area contributed by atoms with E-state index in [1.165, 1.54) is 157 Å². The number of fused-ring (bicyclic) bond motifs is 2. The number of halogens is 2.